The van der Waals surface area contributed by atoms with Crippen molar-refractivity contribution in [3.05, 3.63) is 71.3 Å². The van der Waals surface area contributed by atoms with E-state index >= 15 is 0 Å². The van der Waals surface area contributed by atoms with Crippen LogP contribution in [-0.4, -0.2) is 29.6 Å². The highest BCUT2D eigenvalue weighted by Crippen LogP contribution is 2.28. The SMILES string of the molecule is C=CCc1ccc(OCC(=O)Nc2ccc3nc[nH]c(=O)c3c2)c(OC)c1. The third-order valence-electron chi connectivity index (χ3n) is 3.89. The monoisotopic (exact) mass is 365 g/mol. The summed E-state index contributed by atoms with van der Waals surface area (Å²) in [5, 5.41) is 3.10. The Morgan fingerprint density at radius 2 is 2.11 bits per heavy atom. The molecule has 27 heavy (non-hydrogen) atoms. The Morgan fingerprint density at radius 1 is 1.26 bits per heavy atom. The van der Waals surface area contributed by atoms with E-state index in [2.05, 4.69) is 21.9 Å². The first-order valence-corrected chi connectivity index (χ1v) is 8.28. The molecule has 0 bridgehead atoms. The molecule has 0 atom stereocenters. The summed E-state index contributed by atoms with van der Waals surface area (Å²) in [4.78, 5) is 30.6. The molecule has 0 radical (unpaired) electrons. The molecule has 7 heteroatoms. The predicted octanol–water partition coefficient (Wildman–Crippen LogP) is 2.68. The van der Waals surface area contributed by atoms with Crippen molar-refractivity contribution in [3.63, 3.8) is 0 Å². The molecule has 0 aliphatic rings. The zero-order valence-electron chi connectivity index (χ0n) is 14.8. The number of methoxy groups -OCH3 is 1. The fourth-order valence-corrected chi connectivity index (χ4v) is 2.61. The predicted molar refractivity (Wildman–Crippen MR) is 103 cm³/mol. The molecule has 0 saturated carbocycles. The highest BCUT2D eigenvalue weighted by atomic mass is 16.5. The van der Waals surface area contributed by atoms with Crippen molar-refractivity contribution in [1.29, 1.82) is 0 Å². The van der Waals surface area contributed by atoms with Gasteiger partial charge >= 0.3 is 0 Å². The molecule has 0 aliphatic heterocycles. The Kier molecular flexibility index (Phi) is 5.51. The van der Waals surface area contributed by atoms with E-state index in [4.69, 9.17) is 9.47 Å². The molecular formula is C20H19N3O4. The van der Waals surface area contributed by atoms with E-state index in [9.17, 15) is 9.59 Å². The van der Waals surface area contributed by atoms with Crippen molar-refractivity contribution in [2.24, 2.45) is 0 Å². The van der Waals surface area contributed by atoms with Crippen LogP contribution in [0.3, 0.4) is 0 Å². The smallest absolute Gasteiger partial charge is 0.262 e. The summed E-state index contributed by atoms with van der Waals surface area (Å²) in [7, 11) is 1.54. The van der Waals surface area contributed by atoms with Crippen LogP contribution in [-0.2, 0) is 11.2 Å². The lowest BCUT2D eigenvalue weighted by Crippen LogP contribution is -2.20. The summed E-state index contributed by atoms with van der Waals surface area (Å²) in [5.41, 5.74) is 1.81. The second kappa shape index (κ2) is 8.18. The molecule has 138 valence electrons. The minimum Gasteiger partial charge on any atom is -0.493 e. The number of anilines is 1. The first-order chi connectivity index (χ1) is 13.1. The van der Waals surface area contributed by atoms with Gasteiger partial charge in [-0.2, -0.15) is 0 Å². The van der Waals surface area contributed by atoms with Gasteiger partial charge < -0.3 is 19.8 Å². The fraction of sp³-hybridized carbons (Fsp3) is 0.150. The van der Waals surface area contributed by atoms with Crippen LogP contribution in [0.2, 0.25) is 0 Å². The van der Waals surface area contributed by atoms with Crippen LogP contribution in [0.4, 0.5) is 5.69 Å². The van der Waals surface area contributed by atoms with E-state index in [0.717, 1.165) is 5.56 Å². The molecule has 1 aromatic heterocycles. The van der Waals surface area contributed by atoms with E-state index in [-0.39, 0.29) is 18.1 Å². The average molecular weight is 365 g/mol. The number of nitrogens with one attached hydrogen (secondary N) is 2. The van der Waals surface area contributed by atoms with Crippen molar-refractivity contribution in [2.45, 2.75) is 6.42 Å². The van der Waals surface area contributed by atoms with Crippen LogP contribution in [0.1, 0.15) is 5.56 Å². The zero-order valence-corrected chi connectivity index (χ0v) is 14.8. The standard InChI is InChI=1S/C20H19N3O4/c1-3-4-13-5-8-17(18(9-13)26-2)27-11-19(24)23-14-6-7-16-15(10-14)20(25)22-12-21-16/h3,5-10,12H,1,4,11H2,2H3,(H,23,24)(H,21,22,25). The third kappa shape index (κ3) is 4.33. The molecule has 0 saturated heterocycles. The van der Waals surface area contributed by atoms with Gasteiger partial charge in [0.15, 0.2) is 18.1 Å². The van der Waals surface area contributed by atoms with Gasteiger partial charge in [0.1, 0.15) is 0 Å². The quantitative estimate of drug-likeness (QED) is 0.628. The number of hydrogen-bond donors (Lipinski definition) is 2. The molecule has 2 aromatic carbocycles. The fourth-order valence-electron chi connectivity index (χ4n) is 2.61. The van der Waals surface area contributed by atoms with E-state index in [1.165, 1.54) is 6.33 Å². The lowest BCUT2D eigenvalue weighted by molar-refractivity contribution is -0.118. The minimum absolute atomic E-state index is 0.196. The summed E-state index contributed by atoms with van der Waals surface area (Å²) in [6.07, 6.45) is 3.85. The zero-order chi connectivity index (χ0) is 19.2. The van der Waals surface area contributed by atoms with Crippen molar-refractivity contribution >= 4 is 22.5 Å². The molecule has 0 spiro atoms. The maximum Gasteiger partial charge on any atom is 0.262 e. The number of ether oxygens (including phenoxy) is 2. The number of carbonyl (C=O) groups is 1. The lowest BCUT2D eigenvalue weighted by Gasteiger charge is -2.12. The number of aromatic nitrogens is 2. The normalized spacial score (nSPS) is 10.4. The third-order valence-corrected chi connectivity index (χ3v) is 3.89. The van der Waals surface area contributed by atoms with Crippen molar-refractivity contribution in [1.82, 2.24) is 9.97 Å². The van der Waals surface area contributed by atoms with Gasteiger partial charge in [-0.15, -0.1) is 6.58 Å². The molecule has 0 aliphatic carbocycles. The Balaban J connectivity index is 1.67. The summed E-state index contributed by atoms with van der Waals surface area (Å²) < 4.78 is 10.9. The van der Waals surface area contributed by atoms with E-state index in [1.807, 2.05) is 12.1 Å². The number of hydrogen-bond acceptors (Lipinski definition) is 5. The van der Waals surface area contributed by atoms with Gasteiger partial charge in [0.05, 0.1) is 24.3 Å². The number of carbonyl (C=O) groups excluding carboxylic acids is 1. The maximum absolute atomic E-state index is 12.2. The maximum atomic E-state index is 12.2. The molecule has 2 N–H and O–H groups in total. The number of nitrogens with zero attached hydrogens (tertiary/aromatic N) is 1. The number of rotatable bonds is 7. The van der Waals surface area contributed by atoms with Crippen molar-refractivity contribution in [3.8, 4) is 11.5 Å². The van der Waals surface area contributed by atoms with Gasteiger partial charge in [0.2, 0.25) is 0 Å². The molecule has 0 fully saturated rings. The molecule has 1 amide bonds. The highest BCUT2D eigenvalue weighted by Gasteiger charge is 2.10. The summed E-state index contributed by atoms with van der Waals surface area (Å²) in [6, 6.07) is 10.4. The molecule has 3 aromatic rings. The number of amides is 1. The van der Waals surface area contributed by atoms with E-state index < -0.39 is 0 Å². The molecule has 3 rings (SSSR count). The average Bonchev–Trinajstić information content (AvgIpc) is 2.68. The lowest BCUT2D eigenvalue weighted by atomic mass is 10.1. The van der Waals surface area contributed by atoms with Crippen molar-refractivity contribution < 1.29 is 14.3 Å². The van der Waals surface area contributed by atoms with Crippen LogP contribution in [0.5, 0.6) is 11.5 Å². The van der Waals surface area contributed by atoms with Gasteiger partial charge in [-0.1, -0.05) is 12.1 Å². The van der Waals surface area contributed by atoms with Gasteiger partial charge in [0, 0.05) is 5.69 Å². The van der Waals surface area contributed by atoms with Crippen molar-refractivity contribution in [2.75, 3.05) is 19.0 Å². The van der Waals surface area contributed by atoms with Gasteiger partial charge in [-0.3, -0.25) is 9.59 Å². The summed E-state index contributed by atoms with van der Waals surface area (Å²) >= 11 is 0. The minimum atomic E-state index is -0.355. The topological polar surface area (TPSA) is 93.3 Å². The second-order valence-corrected chi connectivity index (χ2v) is 5.78. The van der Waals surface area contributed by atoms with E-state index in [1.54, 1.807) is 37.5 Å². The molecule has 0 unspecified atom stereocenters. The van der Waals surface area contributed by atoms with Gasteiger partial charge in [-0.25, -0.2) is 4.98 Å². The van der Waals surface area contributed by atoms with Gasteiger partial charge in [-0.05, 0) is 42.3 Å². The molecular weight excluding hydrogens is 346 g/mol. The first kappa shape index (κ1) is 18.2. The number of aromatic amines is 1. The number of benzene rings is 2. The first-order valence-electron chi connectivity index (χ1n) is 8.28. The summed E-state index contributed by atoms with van der Waals surface area (Å²) in [6.45, 7) is 3.51. The van der Waals surface area contributed by atoms with Crippen LogP contribution < -0.4 is 20.3 Å². The number of fused-ring (bicyclic) bond motifs is 1. The molecule has 7 nitrogen and oxygen atoms in total. The Hall–Kier alpha value is -3.61. The number of H-pyrrole nitrogens is 1. The largest absolute Gasteiger partial charge is 0.493 e. The van der Waals surface area contributed by atoms with Crippen LogP contribution >= 0.6 is 0 Å². The second-order valence-electron chi connectivity index (χ2n) is 5.78. The van der Waals surface area contributed by atoms with Gasteiger partial charge in [0.25, 0.3) is 11.5 Å². The van der Waals surface area contributed by atoms with Crippen LogP contribution in [0.25, 0.3) is 10.9 Å². The highest BCUT2D eigenvalue weighted by molar-refractivity contribution is 5.94. The Morgan fingerprint density at radius 3 is 2.89 bits per heavy atom. The van der Waals surface area contributed by atoms with E-state index in [0.29, 0.717) is 34.5 Å². The molecule has 1 heterocycles. The Labute approximate surface area is 155 Å². The Bertz CT molecular complexity index is 1040. The summed E-state index contributed by atoms with van der Waals surface area (Å²) in [5.74, 6) is 0.664. The van der Waals surface area contributed by atoms with Crippen LogP contribution in [0, 0.1) is 0 Å². The number of allylic oxidation sites excluding steroid dienone is 1. The van der Waals surface area contributed by atoms with Crippen LogP contribution in [0.15, 0.2) is 60.2 Å².